The number of unbranched alkanes of at least 4 members (excludes halogenated alkanes) is 3. The molecule has 0 radical (unpaired) electrons. The van der Waals surface area contributed by atoms with E-state index < -0.39 is 0 Å². The topological polar surface area (TPSA) is 67.4 Å². The van der Waals surface area contributed by atoms with Gasteiger partial charge in [-0.05, 0) is 18.6 Å². The summed E-state index contributed by atoms with van der Waals surface area (Å²) >= 11 is 0. The van der Waals surface area contributed by atoms with Gasteiger partial charge < -0.3 is 15.4 Å². The minimum absolute atomic E-state index is 0.0202. The van der Waals surface area contributed by atoms with Crippen LogP contribution in [0.15, 0.2) is 30.3 Å². The highest BCUT2D eigenvalue weighted by atomic mass is 16.5. The van der Waals surface area contributed by atoms with Crippen LogP contribution in [0, 0.1) is 0 Å². The molecule has 0 aliphatic rings. The van der Waals surface area contributed by atoms with E-state index in [4.69, 9.17) is 4.74 Å². The minimum atomic E-state index is -0.306. The maximum absolute atomic E-state index is 11.6. The van der Waals surface area contributed by atoms with Crippen molar-refractivity contribution >= 4 is 11.8 Å². The van der Waals surface area contributed by atoms with Crippen molar-refractivity contribution in [2.75, 3.05) is 19.7 Å². The van der Waals surface area contributed by atoms with Gasteiger partial charge in [0.05, 0.1) is 6.54 Å². The molecule has 0 spiro atoms. The highest BCUT2D eigenvalue weighted by Crippen LogP contribution is 2.07. The van der Waals surface area contributed by atoms with Crippen molar-refractivity contribution in [2.24, 2.45) is 0 Å². The molecule has 2 amide bonds. The summed E-state index contributed by atoms with van der Waals surface area (Å²) in [5, 5.41) is 5.26. The van der Waals surface area contributed by atoms with Crippen LogP contribution in [0.25, 0.3) is 0 Å². The second kappa shape index (κ2) is 10.7. The first-order valence-electron chi connectivity index (χ1n) is 7.43. The summed E-state index contributed by atoms with van der Waals surface area (Å²) < 4.78 is 5.30. The van der Waals surface area contributed by atoms with Crippen LogP contribution in [0.1, 0.15) is 32.6 Å². The first-order chi connectivity index (χ1) is 10.2. The quantitative estimate of drug-likeness (QED) is 0.651. The Kier molecular flexibility index (Phi) is 8.68. The molecule has 5 heteroatoms. The third-order valence-corrected chi connectivity index (χ3v) is 2.91. The van der Waals surface area contributed by atoms with Crippen molar-refractivity contribution in [3.05, 3.63) is 30.3 Å². The van der Waals surface area contributed by atoms with Gasteiger partial charge in [-0.15, -0.1) is 0 Å². The van der Waals surface area contributed by atoms with Gasteiger partial charge in [0.2, 0.25) is 0 Å². The van der Waals surface area contributed by atoms with Crippen LogP contribution in [0.4, 0.5) is 4.79 Å². The summed E-state index contributed by atoms with van der Waals surface area (Å²) in [5.41, 5.74) is 0. The Balaban J connectivity index is 2.05. The van der Waals surface area contributed by atoms with Crippen molar-refractivity contribution < 1.29 is 14.3 Å². The smallest absolute Gasteiger partial charge is 0.315 e. The molecule has 116 valence electrons. The molecule has 0 fully saturated rings. The molecule has 0 unspecified atom stereocenters. The van der Waals surface area contributed by atoms with E-state index in [1.54, 1.807) is 12.1 Å². The van der Waals surface area contributed by atoms with E-state index in [-0.39, 0.29) is 25.0 Å². The Labute approximate surface area is 126 Å². The molecule has 21 heavy (non-hydrogen) atoms. The van der Waals surface area contributed by atoms with Crippen LogP contribution in [0.2, 0.25) is 0 Å². The van der Waals surface area contributed by atoms with Crippen molar-refractivity contribution in [1.82, 2.24) is 10.6 Å². The molecule has 1 rings (SSSR count). The fourth-order valence-corrected chi connectivity index (χ4v) is 1.73. The first-order valence-corrected chi connectivity index (χ1v) is 7.43. The molecule has 0 aliphatic heterocycles. The zero-order chi connectivity index (χ0) is 15.3. The van der Waals surface area contributed by atoms with Crippen molar-refractivity contribution in [3.63, 3.8) is 0 Å². The average molecular weight is 292 g/mol. The van der Waals surface area contributed by atoms with E-state index in [2.05, 4.69) is 17.6 Å². The van der Waals surface area contributed by atoms with Gasteiger partial charge in [-0.25, -0.2) is 4.79 Å². The second-order valence-corrected chi connectivity index (χ2v) is 4.81. The summed E-state index contributed by atoms with van der Waals surface area (Å²) in [6.45, 7) is 2.72. The normalized spacial score (nSPS) is 9.95. The van der Waals surface area contributed by atoms with E-state index in [0.717, 1.165) is 12.8 Å². The summed E-state index contributed by atoms with van der Waals surface area (Å²) in [7, 11) is 0. The lowest BCUT2D eigenvalue weighted by atomic mass is 10.2. The lowest BCUT2D eigenvalue weighted by Crippen LogP contribution is -2.39. The van der Waals surface area contributed by atoms with Gasteiger partial charge in [-0.2, -0.15) is 0 Å². The molecule has 1 aromatic carbocycles. The van der Waals surface area contributed by atoms with Crippen LogP contribution >= 0.6 is 0 Å². The first kappa shape index (κ1) is 17.0. The number of Topliss-reactive ketones (excluding diaryl/α,β-unsaturated/α-hetero) is 1. The van der Waals surface area contributed by atoms with Crippen molar-refractivity contribution in [2.45, 2.75) is 32.6 Å². The van der Waals surface area contributed by atoms with Gasteiger partial charge in [0.1, 0.15) is 12.4 Å². The Bertz CT molecular complexity index is 421. The Morgan fingerprint density at radius 3 is 2.52 bits per heavy atom. The van der Waals surface area contributed by atoms with Crippen LogP contribution < -0.4 is 15.4 Å². The number of carbonyl (C=O) groups excluding carboxylic acids is 2. The number of hydrogen-bond donors (Lipinski definition) is 2. The zero-order valence-corrected chi connectivity index (χ0v) is 12.6. The number of carbonyl (C=O) groups is 2. The molecule has 0 saturated heterocycles. The minimum Gasteiger partial charge on any atom is -0.486 e. The third kappa shape index (κ3) is 8.68. The van der Waals surface area contributed by atoms with E-state index in [1.165, 1.54) is 12.8 Å². The van der Waals surface area contributed by atoms with Gasteiger partial charge in [-0.3, -0.25) is 4.79 Å². The number of para-hydroxylation sites is 1. The SMILES string of the molecule is CCCCCCNC(=O)NCC(=O)COc1ccccc1. The van der Waals surface area contributed by atoms with Gasteiger partial charge >= 0.3 is 6.03 Å². The largest absolute Gasteiger partial charge is 0.486 e. The highest BCUT2D eigenvalue weighted by Gasteiger charge is 2.05. The number of ketones is 1. The number of ether oxygens (including phenoxy) is 1. The van der Waals surface area contributed by atoms with Crippen LogP contribution in [-0.4, -0.2) is 31.5 Å². The molecule has 0 saturated carbocycles. The van der Waals surface area contributed by atoms with Gasteiger partial charge in [0, 0.05) is 6.54 Å². The Hall–Kier alpha value is -2.04. The van der Waals surface area contributed by atoms with Gasteiger partial charge in [0.25, 0.3) is 0 Å². The molecular weight excluding hydrogens is 268 g/mol. The molecule has 5 nitrogen and oxygen atoms in total. The molecule has 0 heterocycles. The van der Waals surface area contributed by atoms with Crippen LogP contribution in [-0.2, 0) is 4.79 Å². The number of amides is 2. The molecule has 0 aliphatic carbocycles. The Morgan fingerprint density at radius 2 is 1.81 bits per heavy atom. The van der Waals surface area contributed by atoms with E-state index >= 15 is 0 Å². The standard InChI is InChI=1S/C16H24N2O3/c1-2-3-4-8-11-17-16(20)18-12-14(19)13-21-15-9-6-5-7-10-15/h5-7,9-10H,2-4,8,11-13H2,1H3,(H2,17,18,20). The lowest BCUT2D eigenvalue weighted by Gasteiger charge is -2.08. The number of benzene rings is 1. The van der Waals surface area contributed by atoms with Crippen LogP contribution in [0.5, 0.6) is 5.75 Å². The summed E-state index contributed by atoms with van der Waals surface area (Å²) in [6.07, 6.45) is 4.42. The predicted octanol–water partition coefficient (Wildman–Crippen LogP) is 2.51. The highest BCUT2D eigenvalue weighted by molar-refractivity contribution is 5.86. The average Bonchev–Trinajstić information content (AvgIpc) is 2.51. The fourth-order valence-electron chi connectivity index (χ4n) is 1.73. The molecule has 1 aromatic rings. The van der Waals surface area contributed by atoms with Crippen molar-refractivity contribution in [1.29, 1.82) is 0 Å². The van der Waals surface area contributed by atoms with Gasteiger partial charge in [0.15, 0.2) is 5.78 Å². The second-order valence-electron chi connectivity index (χ2n) is 4.81. The van der Waals surface area contributed by atoms with Gasteiger partial charge in [-0.1, -0.05) is 44.4 Å². The van der Waals surface area contributed by atoms with Crippen molar-refractivity contribution in [3.8, 4) is 5.75 Å². The number of hydrogen-bond acceptors (Lipinski definition) is 3. The molecule has 0 aromatic heterocycles. The molecular formula is C16H24N2O3. The zero-order valence-electron chi connectivity index (χ0n) is 12.6. The fraction of sp³-hybridized carbons (Fsp3) is 0.500. The molecule has 2 N–H and O–H groups in total. The van der Waals surface area contributed by atoms with E-state index in [0.29, 0.717) is 12.3 Å². The molecule has 0 bridgehead atoms. The number of rotatable bonds is 10. The monoisotopic (exact) mass is 292 g/mol. The Morgan fingerprint density at radius 1 is 1.05 bits per heavy atom. The van der Waals surface area contributed by atoms with E-state index in [9.17, 15) is 9.59 Å². The number of urea groups is 1. The third-order valence-electron chi connectivity index (χ3n) is 2.91. The molecule has 0 atom stereocenters. The summed E-state index contributed by atoms with van der Waals surface area (Å²) in [5.74, 6) is 0.478. The summed E-state index contributed by atoms with van der Waals surface area (Å²) in [4.78, 5) is 23.0. The maximum Gasteiger partial charge on any atom is 0.315 e. The lowest BCUT2D eigenvalue weighted by molar-refractivity contribution is -0.120. The van der Waals surface area contributed by atoms with E-state index in [1.807, 2.05) is 18.2 Å². The van der Waals surface area contributed by atoms with Crippen LogP contribution in [0.3, 0.4) is 0 Å². The number of nitrogens with one attached hydrogen (secondary N) is 2. The summed E-state index contributed by atoms with van der Waals surface area (Å²) in [6, 6.07) is 8.81. The maximum atomic E-state index is 11.6. The predicted molar refractivity (Wildman–Crippen MR) is 82.5 cm³/mol.